The molecule has 26 heavy (non-hydrogen) atoms. The molecule has 2 aromatic carbocycles. The van der Waals surface area contributed by atoms with Crippen LogP contribution in [0.2, 0.25) is 0 Å². The third kappa shape index (κ3) is 4.37. The van der Waals surface area contributed by atoms with Gasteiger partial charge in [0.05, 0.1) is 17.3 Å². The molecule has 1 heterocycles. The average Bonchev–Trinajstić information content (AvgIpc) is 3.02. The van der Waals surface area contributed by atoms with Gasteiger partial charge in [0, 0.05) is 18.5 Å². The normalized spacial score (nSPS) is 10.5. The number of amides is 2. The Morgan fingerprint density at radius 3 is 2.81 bits per heavy atom. The number of thiazole rings is 1. The molecule has 7 heteroatoms. The maximum Gasteiger partial charge on any atom is 0.251 e. The molecule has 3 aromatic rings. The van der Waals surface area contributed by atoms with Crippen LogP contribution in [0.3, 0.4) is 0 Å². The summed E-state index contributed by atoms with van der Waals surface area (Å²) in [7, 11) is 1.61. The third-order valence-electron chi connectivity index (χ3n) is 3.76. The molecular weight excluding hydrogens is 350 g/mol. The summed E-state index contributed by atoms with van der Waals surface area (Å²) >= 11 is 1.38. The maximum atomic E-state index is 12.1. The van der Waals surface area contributed by atoms with E-state index in [4.69, 9.17) is 4.74 Å². The number of nitrogens with one attached hydrogen (secondary N) is 2. The van der Waals surface area contributed by atoms with Crippen LogP contribution >= 0.6 is 11.3 Å². The van der Waals surface area contributed by atoms with Gasteiger partial charge in [-0.05, 0) is 37.3 Å². The molecule has 3 rings (SSSR count). The van der Waals surface area contributed by atoms with Crippen LogP contribution in [0.25, 0.3) is 10.2 Å². The molecule has 0 aliphatic carbocycles. The van der Waals surface area contributed by atoms with Gasteiger partial charge in [-0.2, -0.15) is 0 Å². The first-order valence-corrected chi connectivity index (χ1v) is 8.96. The first-order chi connectivity index (χ1) is 12.5. The third-order valence-corrected chi connectivity index (χ3v) is 4.69. The molecule has 0 aliphatic rings. The van der Waals surface area contributed by atoms with Gasteiger partial charge in [0.2, 0.25) is 5.91 Å². The maximum absolute atomic E-state index is 12.1. The summed E-state index contributed by atoms with van der Waals surface area (Å²) in [5, 5.41) is 6.05. The van der Waals surface area contributed by atoms with E-state index in [1.807, 2.05) is 43.3 Å². The molecule has 2 amide bonds. The molecule has 0 unspecified atom stereocenters. The van der Waals surface area contributed by atoms with Gasteiger partial charge in [-0.1, -0.05) is 29.0 Å². The van der Waals surface area contributed by atoms with Crippen molar-refractivity contribution in [3.63, 3.8) is 0 Å². The SMILES string of the molecule is COc1ccc2nc(NC(=O)CCNC(=O)c3cccc(C)c3)sc2c1. The topological polar surface area (TPSA) is 80.3 Å². The highest BCUT2D eigenvalue weighted by Crippen LogP contribution is 2.29. The Bertz CT molecular complexity index is 952. The smallest absolute Gasteiger partial charge is 0.251 e. The number of rotatable bonds is 6. The Morgan fingerprint density at radius 2 is 2.04 bits per heavy atom. The summed E-state index contributed by atoms with van der Waals surface area (Å²) in [4.78, 5) is 28.5. The van der Waals surface area contributed by atoms with Crippen LogP contribution in [-0.2, 0) is 4.79 Å². The zero-order valence-corrected chi connectivity index (χ0v) is 15.4. The summed E-state index contributed by atoms with van der Waals surface area (Å²) in [5.41, 5.74) is 2.41. The Balaban J connectivity index is 1.52. The van der Waals surface area contributed by atoms with Gasteiger partial charge in [0.1, 0.15) is 5.75 Å². The van der Waals surface area contributed by atoms with Crippen LogP contribution in [-0.4, -0.2) is 30.5 Å². The van der Waals surface area contributed by atoms with E-state index in [0.29, 0.717) is 10.7 Å². The van der Waals surface area contributed by atoms with Crippen molar-refractivity contribution in [3.05, 3.63) is 53.6 Å². The summed E-state index contributed by atoms with van der Waals surface area (Å²) in [6.45, 7) is 2.19. The molecule has 1 aromatic heterocycles. The van der Waals surface area contributed by atoms with E-state index in [9.17, 15) is 9.59 Å². The number of nitrogens with zero attached hydrogens (tertiary/aromatic N) is 1. The molecule has 0 saturated heterocycles. The lowest BCUT2D eigenvalue weighted by Crippen LogP contribution is -2.27. The van der Waals surface area contributed by atoms with Crippen molar-refractivity contribution in [2.75, 3.05) is 19.0 Å². The number of methoxy groups -OCH3 is 1. The second kappa shape index (κ2) is 7.97. The Hall–Kier alpha value is -2.93. The fourth-order valence-corrected chi connectivity index (χ4v) is 3.36. The van der Waals surface area contributed by atoms with Crippen LogP contribution < -0.4 is 15.4 Å². The predicted octanol–water partition coefficient (Wildman–Crippen LogP) is 3.37. The molecule has 6 nitrogen and oxygen atoms in total. The Labute approximate surface area is 155 Å². The van der Waals surface area contributed by atoms with Crippen molar-refractivity contribution in [2.24, 2.45) is 0 Å². The molecule has 134 valence electrons. The fraction of sp³-hybridized carbons (Fsp3) is 0.211. The van der Waals surface area contributed by atoms with Gasteiger partial charge >= 0.3 is 0 Å². The van der Waals surface area contributed by atoms with Gasteiger partial charge in [0.25, 0.3) is 5.91 Å². The summed E-state index contributed by atoms with van der Waals surface area (Å²) in [6.07, 6.45) is 0.177. The van der Waals surface area contributed by atoms with E-state index >= 15 is 0 Å². The fourth-order valence-electron chi connectivity index (χ4n) is 2.45. The quantitative estimate of drug-likeness (QED) is 0.698. The van der Waals surface area contributed by atoms with Gasteiger partial charge < -0.3 is 15.4 Å². The van der Waals surface area contributed by atoms with E-state index in [1.165, 1.54) is 11.3 Å². The highest BCUT2D eigenvalue weighted by Gasteiger charge is 2.10. The molecule has 0 fully saturated rings. The Kier molecular flexibility index (Phi) is 5.48. The molecule has 0 aliphatic heterocycles. The van der Waals surface area contributed by atoms with Crippen molar-refractivity contribution in [2.45, 2.75) is 13.3 Å². The van der Waals surface area contributed by atoms with E-state index < -0.39 is 0 Å². The zero-order chi connectivity index (χ0) is 18.5. The van der Waals surface area contributed by atoms with Crippen molar-refractivity contribution >= 4 is 38.5 Å². The van der Waals surface area contributed by atoms with E-state index in [1.54, 1.807) is 13.2 Å². The predicted molar refractivity (Wildman–Crippen MR) is 103 cm³/mol. The lowest BCUT2D eigenvalue weighted by Gasteiger charge is -2.05. The standard InChI is InChI=1S/C19H19N3O3S/c1-12-4-3-5-13(10-12)18(24)20-9-8-17(23)22-19-21-15-7-6-14(25-2)11-16(15)26-19/h3-7,10-11H,8-9H2,1-2H3,(H,20,24)(H,21,22,23). The lowest BCUT2D eigenvalue weighted by atomic mass is 10.1. The number of hydrogen-bond donors (Lipinski definition) is 2. The number of anilines is 1. The summed E-state index contributed by atoms with van der Waals surface area (Å²) in [6, 6.07) is 12.9. The molecule has 0 saturated carbocycles. The number of aryl methyl sites for hydroxylation is 1. The second-order valence-electron chi connectivity index (χ2n) is 5.78. The van der Waals surface area contributed by atoms with Gasteiger partial charge in [-0.3, -0.25) is 9.59 Å². The minimum atomic E-state index is -0.194. The van der Waals surface area contributed by atoms with Crippen molar-refractivity contribution in [3.8, 4) is 5.75 Å². The van der Waals surface area contributed by atoms with Gasteiger partial charge in [-0.15, -0.1) is 0 Å². The van der Waals surface area contributed by atoms with Crippen LogP contribution in [0.15, 0.2) is 42.5 Å². The summed E-state index contributed by atoms with van der Waals surface area (Å²) < 4.78 is 6.12. The van der Waals surface area contributed by atoms with Crippen LogP contribution in [0.4, 0.5) is 5.13 Å². The molecule has 0 spiro atoms. The van der Waals surface area contributed by atoms with Crippen LogP contribution in [0.1, 0.15) is 22.3 Å². The zero-order valence-electron chi connectivity index (χ0n) is 14.5. The number of benzene rings is 2. The number of fused-ring (bicyclic) bond motifs is 1. The number of hydrogen-bond acceptors (Lipinski definition) is 5. The van der Waals surface area contributed by atoms with E-state index in [0.717, 1.165) is 21.5 Å². The molecule has 0 atom stereocenters. The minimum Gasteiger partial charge on any atom is -0.497 e. The average molecular weight is 369 g/mol. The number of aromatic nitrogens is 1. The van der Waals surface area contributed by atoms with E-state index in [-0.39, 0.29) is 24.8 Å². The first kappa shape index (κ1) is 17.9. The van der Waals surface area contributed by atoms with Crippen molar-refractivity contribution in [1.82, 2.24) is 10.3 Å². The lowest BCUT2D eigenvalue weighted by molar-refractivity contribution is -0.116. The monoisotopic (exact) mass is 369 g/mol. The van der Waals surface area contributed by atoms with Gasteiger partial charge in [-0.25, -0.2) is 4.98 Å². The van der Waals surface area contributed by atoms with Gasteiger partial charge in [0.15, 0.2) is 5.13 Å². The summed E-state index contributed by atoms with van der Waals surface area (Å²) in [5.74, 6) is 0.368. The number of ether oxygens (including phenoxy) is 1. The highest BCUT2D eigenvalue weighted by molar-refractivity contribution is 7.22. The minimum absolute atomic E-state index is 0.177. The largest absolute Gasteiger partial charge is 0.497 e. The Morgan fingerprint density at radius 1 is 1.19 bits per heavy atom. The van der Waals surface area contributed by atoms with E-state index in [2.05, 4.69) is 15.6 Å². The first-order valence-electron chi connectivity index (χ1n) is 8.14. The number of carbonyl (C=O) groups excluding carboxylic acids is 2. The van der Waals surface area contributed by atoms with Crippen molar-refractivity contribution in [1.29, 1.82) is 0 Å². The van der Waals surface area contributed by atoms with Crippen LogP contribution in [0.5, 0.6) is 5.75 Å². The molecular formula is C19H19N3O3S. The second-order valence-corrected chi connectivity index (χ2v) is 6.81. The highest BCUT2D eigenvalue weighted by atomic mass is 32.1. The van der Waals surface area contributed by atoms with Crippen LogP contribution in [0, 0.1) is 6.92 Å². The number of carbonyl (C=O) groups is 2. The van der Waals surface area contributed by atoms with Crippen molar-refractivity contribution < 1.29 is 14.3 Å². The molecule has 0 radical (unpaired) electrons. The molecule has 2 N–H and O–H groups in total. The molecule has 0 bridgehead atoms.